The minimum absolute atomic E-state index is 0.241. The first-order valence-corrected chi connectivity index (χ1v) is 15.3. The predicted octanol–water partition coefficient (Wildman–Crippen LogP) is 5.77. The molecule has 3 aromatic carbocycles. The second-order valence-electron chi connectivity index (χ2n) is 9.49. The maximum absolute atomic E-state index is 13.9. The van der Waals surface area contributed by atoms with Crippen molar-refractivity contribution in [1.29, 1.82) is 0 Å². The maximum Gasteiger partial charge on any atom is 0.308 e. The van der Waals surface area contributed by atoms with Crippen molar-refractivity contribution in [3.63, 3.8) is 0 Å². The van der Waals surface area contributed by atoms with Gasteiger partial charge in [-0.05, 0) is 66.2 Å². The zero-order chi connectivity index (χ0) is 28.8. The number of rotatable bonds is 6. The summed E-state index contributed by atoms with van der Waals surface area (Å²) in [5, 5.41) is 3.04. The van der Waals surface area contributed by atoms with Gasteiger partial charge in [-0.1, -0.05) is 62.8 Å². The van der Waals surface area contributed by atoms with Gasteiger partial charge in [-0.15, -0.1) is 0 Å². The van der Waals surface area contributed by atoms with Crippen molar-refractivity contribution >= 4 is 79.7 Å². The van der Waals surface area contributed by atoms with Crippen molar-refractivity contribution in [2.45, 2.75) is 22.7 Å². The number of nitrogens with zero attached hydrogens (tertiary/aromatic N) is 2. The Kier molecular flexibility index (Phi) is 7.54. The van der Waals surface area contributed by atoms with Crippen LogP contribution in [0, 0.1) is 5.92 Å². The molecule has 1 aromatic heterocycles. The lowest BCUT2D eigenvalue weighted by Crippen LogP contribution is -2.33. The van der Waals surface area contributed by atoms with Crippen LogP contribution in [0.3, 0.4) is 0 Å². The fourth-order valence-electron chi connectivity index (χ4n) is 5.18. The molecule has 4 aromatic rings. The highest BCUT2D eigenvalue weighted by Gasteiger charge is 2.56. The fraction of sp³-hybridized carbons (Fsp3) is 0.172. The maximum atomic E-state index is 13.9. The molecule has 1 N–H and O–H groups in total. The summed E-state index contributed by atoms with van der Waals surface area (Å²) in [6.07, 6.45) is 0. The first-order chi connectivity index (χ1) is 19.7. The monoisotopic (exact) mass is 669 g/mol. The summed E-state index contributed by atoms with van der Waals surface area (Å²) in [6, 6.07) is 20.9. The third-order valence-electron chi connectivity index (χ3n) is 7.02. The van der Waals surface area contributed by atoms with Gasteiger partial charge in [0.25, 0.3) is 0 Å². The van der Waals surface area contributed by atoms with Crippen LogP contribution < -0.4 is 19.8 Å². The summed E-state index contributed by atoms with van der Waals surface area (Å²) >= 11 is 11.7. The predicted molar refractivity (Wildman–Crippen MR) is 163 cm³/mol. The molecule has 2 aliphatic rings. The second-order valence-corrected chi connectivity index (χ2v) is 13.0. The van der Waals surface area contributed by atoms with E-state index in [1.54, 1.807) is 55.6 Å². The van der Waals surface area contributed by atoms with Crippen LogP contribution in [-0.4, -0.2) is 34.6 Å². The molecule has 41 heavy (non-hydrogen) atoms. The van der Waals surface area contributed by atoms with Gasteiger partial charge in [-0.3, -0.25) is 23.7 Å². The van der Waals surface area contributed by atoms with Crippen LogP contribution in [0.1, 0.15) is 16.4 Å². The van der Waals surface area contributed by atoms with Gasteiger partial charge >= 0.3 is 4.87 Å². The Bertz CT molecular complexity index is 1740. The summed E-state index contributed by atoms with van der Waals surface area (Å²) in [5.41, 5.74) is 1.79. The Labute approximate surface area is 256 Å². The molecular formula is C29H21BrClN3O5S2. The number of carbonyl (C=O) groups is 3. The Hall–Kier alpha value is -3.38. The molecule has 0 unspecified atom stereocenters. The Balaban J connectivity index is 1.39. The van der Waals surface area contributed by atoms with E-state index in [4.69, 9.17) is 16.3 Å². The van der Waals surface area contributed by atoms with E-state index < -0.39 is 23.0 Å². The number of methoxy groups -OCH3 is 1. The minimum Gasteiger partial charge on any atom is -0.497 e. The number of imide groups is 1. The molecule has 1 fully saturated rings. The van der Waals surface area contributed by atoms with Crippen molar-refractivity contribution in [2.24, 2.45) is 5.92 Å². The van der Waals surface area contributed by atoms with Crippen LogP contribution in [0.15, 0.2) is 87.1 Å². The number of thiazole rings is 1. The van der Waals surface area contributed by atoms with Crippen molar-refractivity contribution in [2.75, 3.05) is 17.3 Å². The molecule has 0 saturated carbocycles. The fourth-order valence-corrected chi connectivity index (χ4v) is 8.49. The average Bonchev–Trinajstić information content (AvgIpc) is 3.40. The van der Waals surface area contributed by atoms with Gasteiger partial charge < -0.3 is 10.1 Å². The molecule has 3 atom stereocenters. The Morgan fingerprint density at radius 2 is 1.76 bits per heavy atom. The Morgan fingerprint density at radius 1 is 1.02 bits per heavy atom. The van der Waals surface area contributed by atoms with Gasteiger partial charge in [-0.25, -0.2) is 4.90 Å². The molecule has 208 valence electrons. The third kappa shape index (κ3) is 5.12. The van der Waals surface area contributed by atoms with Gasteiger partial charge in [0.05, 0.1) is 23.7 Å². The molecule has 12 heteroatoms. The topological polar surface area (TPSA) is 97.7 Å². The average molecular weight is 671 g/mol. The van der Waals surface area contributed by atoms with E-state index in [9.17, 15) is 19.2 Å². The number of benzene rings is 3. The molecule has 2 aliphatic heterocycles. The lowest BCUT2D eigenvalue weighted by molar-refractivity contribution is -0.122. The summed E-state index contributed by atoms with van der Waals surface area (Å²) in [7, 11) is 1.56. The number of anilines is 2. The van der Waals surface area contributed by atoms with Crippen LogP contribution in [0.4, 0.5) is 11.4 Å². The largest absolute Gasteiger partial charge is 0.497 e. The van der Waals surface area contributed by atoms with E-state index in [0.29, 0.717) is 32.1 Å². The van der Waals surface area contributed by atoms with E-state index in [0.717, 1.165) is 21.4 Å². The molecule has 0 aliphatic carbocycles. The smallest absolute Gasteiger partial charge is 0.308 e. The van der Waals surface area contributed by atoms with E-state index in [1.807, 2.05) is 24.3 Å². The number of nitrogens with one attached hydrogen (secondary N) is 1. The van der Waals surface area contributed by atoms with Crippen molar-refractivity contribution in [3.05, 3.63) is 102 Å². The highest BCUT2D eigenvalue weighted by molar-refractivity contribution is 9.10. The second kappa shape index (κ2) is 11.1. The summed E-state index contributed by atoms with van der Waals surface area (Å²) in [5.74, 6) is -1.73. The summed E-state index contributed by atoms with van der Waals surface area (Å²) < 4.78 is 7.36. The SMILES string of the molecule is COc1ccc(NC(=O)Cn2c3c(sc2=O)[C@@H](c2cccc(Br)c2)[C@@H]2C(=O)N(c4ccc(Cl)cc4)C(=O)[C@@H]2S3)cc1. The molecular weight excluding hydrogens is 650 g/mol. The van der Waals surface area contributed by atoms with Gasteiger partial charge in [-0.2, -0.15) is 0 Å². The van der Waals surface area contributed by atoms with E-state index in [1.165, 1.54) is 21.2 Å². The lowest BCUT2D eigenvalue weighted by Gasteiger charge is -2.30. The van der Waals surface area contributed by atoms with E-state index >= 15 is 0 Å². The zero-order valence-corrected chi connectivity index (χ0v) is 25.4. The molecule has 0 bridgehead atoms. The molecule has 8 nitrogen and oxygen atoms in total. The quantitative estimate of drug-likeness (QED) is 0.262. The highest BCUT2D eigenvalue weighted by Crippen LogP contribution is 2.54. The Morgan fingerprint density at radius 3 is 2.44 bits per heavy atom. The van der Waals surface area contributed by atoms with Crippen molar-refractivity contribution < 1.29 is 19.1 Å². The van der Waals surface area contributed by atoms with Crippen LogP contribution in [-0.2, 0) is 20.9 Å². The number of aromatic nitrogens is 1. The molecule has 1 saturated heterocycles. The number of hydrogen-bond donors (Lipinski definition) is 1. The summed E-state index contributed by atoms with van der Waals surface area (Å²) in [6.45, 7) is -0.241. The number of halogens is 2. The van der Waals surface area contributed by atoms with Gasteiger partial charge in [0.15, 0.2) is 0 Å². The number of amides is 3. The molecule has 0 radical (unpaired) electrons. The standard InChI is InChI=1S/C29H21BrClN3O5S2/c1-39-20-11-7-18(8-12-20)32-21(35)14-33-28-25(41-29(33)38)22(15-3-2-4-16(30)13-15)23-24(40-28)27(37)34(26(23)36)19-9-5-17(31)6-10-19/h2-13,22-24H,14H2,1H3,(H,32,35)/t22-,23-,24+/m0/s1. The first kappa shape index (κ1) is 27.8. The zero-order valence-electron chi connectivity index (χ0n) is 21.4. The number of carbonyl (C=O) groups excluding carboxylic acids is 3. The van der Waals surface area contributed by atoms with Crippen molar-refractivity contribution in [3.8, 4) is 5.75 Å². The van der Waals surface area contributed by atoms with Gasteiger partial charge in [0, 0.05) is 26.0 Å². The van der Waals surface area contributed by atoms with Gasteiger partial charge in [0.1, 0.15) is 17.5 Å². The number of hydrogen-bond acceptors (Lipinski definition) is 7. The molecule has 0 spiro atoms. The number of thioether (sulfide) groups is 1. The molecule has 6 rings (SSSR count). The van der Waals surface area contributed by atoms with Crippen LogP contribution >= 0.6 is 50.6 Å². The first-order valence-electron chi connectivity index (χ1n) is 12.5. The molecule has 3 amide bonds. The number of ether oxygens (including phenoxy) is 1. The highest BCUT2D eigenvalue weighted by atomic mass is 79.9. The van der Waals surface area contributed by atoms with Crippen LogP contribution in [0.25, 0.3) is 0 Å². The normalized spacial score (nSPS) is 19.6. The minimum atomic E-state index is -0.778. The third-order valence-corrected chi connectivity index (χ3v) is 10.4. The van der Waals surface area contributed by atoms with E-state index in [2.05, 4.69) is 21.2 Å². The van der Waals surface area contributed by atoms with Crippen LogP contribution in [0.2, 0.25) is 5.02 Å². The van der Waals surface area contributed by atoms with Crippen molar-refractivity contribution in [1.82, 2.24) is 4.57 Å². The van der Waals surface area contributed by atoms with Crippen LogP contribution in [0.5, 0.6) is 5.75 Å². The van der Waals surface area contributed by atoms with Gasteiger partial charge in [0.2, 0.25) is 17.7 Å². The molecule has 3 heterocycles. The lowest BCUT2D eigenvalue weighted by atomic mass is 9.83. The number of fused-ring (bicyclic) bond motifs is 2. The summed E-state index contributed by atoms with van der Waals surface area (Å²) in [4.78, 5) is 55.6. The van der Waals surface area contributed by atoms with E-state index in [-0.39, 0.29) is 23.2 Å².